The minimum atomic E-state index is -4.55. The van der Waals surface area contributed by atoms with E-state index in [0.717, 1.165) is 18.2 Å². The number of benzene rings is 2. The highest BCUT2D eigenvalue weighted by atomic mass is 35.5. The molecule has 3 rings (SSSR count). The van der Waals surface area contributed by atoms with Crippen LogP contribution in [0.2, 0.25) is 10.0 Å². The fourth-order valence-electron chi connectivity index (χ4n) is 3.68. The Hall–Kier alpha value is -2.02. The van der Waals surface area contributed by atoms with Gasteiger partial charge in [-0.1, -0.05) is 41.4 Å². The van der Waals surface area contributed by atoms with E-state index in [1.54, 1.807) is 4.90 Å². The van der Waals surface area contributed by atoms with E-state index in [0.29, 0.717) is 18.1 Å². The Balaban J connectivity index is 1.66. The molecule has 1 aliphatic rings. The maximum absolute atomic E-state index is 13.0. The fourth-order valence-corrected chi connectivity index (χ4v) is 4.03. The van der Waals surface area contributed by atoms with Gasteiger partial charge in [0, 0.05) is 42.8 Å². The number of hydrogen-bond acceptors (Lipinski definition) is 2. The van der Waals surface area contributed by atoms with Crippen molar-refractivity contribution in [2.24, 2.45) is 0 Å². The Kier molecular flexibility index (Phi) is 7.35. The fraction of sp³-hybridized carbons (Fsp3) is 0.348. The summed E-state index contributed by atoms with van der Waals surface area (Å²) in [5.74, 6) is -0.228. The number of halogens is 5. The van der Waals surface area contributed by atoms with Gasteiger partial charge in [0.05, 0.1) is 10.6 Å². The van der Waals surface area contributed by atoms with Gasteiger partial charge in [0.1, 0.15) is 0 Å². The quantitative estimate of drug-likeness (QED) is 0.500. The molecule has 0 radical (unpaired) electrons. The topological polar surface area (TPSA) is 23.6 Å². The van der Waals surface area contributed by atoms with E-state index in [1.807, 2.05) is 31.2 Å². The van der Waals surface area contributed by atoms with Crippen LogP contribution in [0.25, 0.3) is 6.08 Å². The summed E-state index contributed by atoms with van der Waals surface area (Å²) in [6.07, 6.45) is -1.83. The molecule has 2 aromatic rings. The third kappa shape index (κ3) is 6.03. The molecule has 1 aliphatic heterocycles. The zero-order valence-corrected chi connectivity index (χ0v) is 18.7. The molecule has 1 amide bonds. The van der Waals surface area contributed by atoms with Crippen LogP contribution in [0, 0.1) is 0 Å². The average Bonchev–Trinajstić information content (AvgIpc) is 2.70. The van der Waals surface area contributed by atoms with E-state index in [1.165, 1.54) is 24.3 Å². The van der Waals surface area contributed by atoms with E-state index in [9.17, 15) is 18.0 Å². The molecular formula is C23H23Cl2F3N2O. The molecule has 1 heterocycles. The number of carbonyl (C=O) groups excluding carboxylic acids is 1. The molecule has 2 atom stereocenters. The Labute approximate surface area is 190 Å². The number of piperazine rings is 1. The minimum Gasteiger partial charge on any atom is -0.334 e. The third-order valence-electron chi connectivity index (χ3n) is 5.41. The largest absolute Gasteiger partial charge is 0.417 e. The van der Waals surface area contributed by atoms with Crippen molar-refractivity contribution in [3.63, 3.8) is 0 Å². The standard InChI is InChI=1S/C23H23Cl2F3N2O/c1-15-13-30(16(2)12-29(15)14-18-3-7-19(24)8-4-18)22(31)10-6-17-5-9-21(25)20(11-17)23(26,27)28/h3-11,15-16H,12-14H2,1-2H3/b10-6+/t15-,16+/m0/s1. The highest BCUT2D eigenvalue weighted by Crippen LogP contribution is 2.35. The van der Waals surface area contributed by atoms with Crippen molar-refractivity contribution in [3.8, 4) is 0 Å². The van der Waals surface area contributed by atoms with Gasteiger partial charge in [-0.25, -0.2) is 0 Å². The minimum absolute atomic E-state index is 0.0309. The maximum Gasteiger partial charge on any atom is 0.417 e. The molecular weight excluding hydrogens is 448 g/mol. The van der Waals surface area contributed by atoms with Crippen LogP contribution in [0.1, 0.15) is 30.5 Å². The Morgan fingerprint density at radius 3 is 2.39 bits per heavy atom. The molecule has 0 saturated carbocycles. The van der Waals surface area contributed by atoms with Crippen molar-refractivity contribution in [2.75, 3.05) is 13.1 Å². The second-order valence-corrected chi connectivity index (χ2v) is 8.66. The third-order valence-corrected chi connectivity index (χ3v) is 5.99. The van der Waals surface area contributed by atoms with E-state index < -0.39 is 11.7 Å². The molecule has 1 saturated heterocycles. The number of carbonyl (C=O) groups is 1. The van der Waals surface area contributed by atoms with Crippen LogP contribution in [0.5, 0.6) is 0 Å². The van der Waals surface area contributed by atoms with E-state index in [4.69, 9.17) is 23.2 Å². The van der Waals surface area contributed by atoms with E-state index >= 15 is 0 Å². The molecule has 2 aromatic carbocycles. The average molecular weight is 471 g/mol. The number of rotatable bonds is 4. The van der Waals surface area contributed by atoms with Gasteiger partial charge in [0.2, 0.25) is 5.91 Å². The summed E-state index contributed by atoms with van der Waals surface area (Å²) in [6, 6.07) is 11.4. The second kappa shape index (κ2) is 9.63. The molecule has 31 heavy (non-hydrogen) atoms. The van der Waals surface area contributed by atoms with Crippen LogP contribution < -0.4 is 0 Å². The number of amides is 1. The summed E-state index contributed by atoms with van der Waals surface area (Å²) >= 11 is 11.6. The number of nitrogens with zero attached hydrogens (tertiary/aromatic N) is 2. The van der Waals surface area contributed by atoms with E-state index in [2.05, 4.69) is 11.8 Å². The zero-order valence-electron chi connectivity index (χ0n) is 17.2. The lowest BCUT2D eigenvalue weighted by Crippen LogP contribution is -2.57. The van der Waals surface area contributed by atoms with Gasteiger partial charge in [0.25, 0.3) is 0 Å². The highest BCUT2D eigenvalue weighted by Gasteiger charge is 2.33. The first-order chi connectivity index (χ1) is 14.5. The zero-order chi connectivity index (χ0) is 22.8. The van der Waals surface area contributed by atoms with E-state index in [-0.39, 0.29) is 28.6 Å². The maximum atomic E-state index is 13.0. The molecule has 1 fully saturated rings. The Bertz CT molecular complexity index is 960. The van der Waals surface area contributed by atoms with Crippen LogP contribution in [0.3, 0.4) is 0 Å². The summed E-state index contributed by atoms with van der Waals surface area (Å²) < 4.78 is 39.1. The number of hydrogen-bond donors (Lipinski definition) is 0. The first-order valence-corrected chi connectivity index (χ1v) is 10.6. The molecule has 0 aliphatic carbocycles. The first-order valence-electron chi connectivity index (χ1n) is 9.88. The summed E-state index contributed by atoms with van der Waals surface area (Å²) in [6.45, 7) is 6.01. The van der Waals surface area contributed by atoms with Crippen molar-refractivity contribution in [1.29, 1.82) is 0 Å². The van der Waals surface area contributed by atoms with Gasteiger partial charge in [-0.15, -0.1) is 0 Å². The van der Waals surface area contributed by atoms with Gasteiger partial charge in [-0.2, -0.15) is 13.2 Å². The summed E-state index contributed by atoms with van der Waals surface area (Å²) in [7, 11) is 0. The first kappa shape index (κ1) is 23.6. The Morgan fingerprint density at radius 1 is 1.06 bits per heavy atom. The van der Waals surface area contributed by atoms with Gasteiger partial charge in [0.15, 0.2) is 0 Å². The number of alkyl halides is 3. The highest BCUT2D eigenvalue weighted by molar-refractivity contribution is 6.31. The van der Waals surface area contributed by atoms with Crippen molar-refractivity contribution < 1.29 is 18.0 Å². The molecule has 0 aromatic heterocycles. The Morgan fingerprint density at radius 2 is 1.74 bits per heavy atom. The lowest BCUT2D eigenvalue weighted by atomic mass is 10.1. The monoisotopic (exact) mass is 470 g/mol. The van der Waals surface area contributed by atoms with Crippen molar-refractivity contribution in [1.82, 2.24) is 9.80 Å². The molecule has 0 unspecified atom stereocenters. The van der Waals surface area contributed by atoms with Crippen LogP contribution in [0.4, 0.5) is 13.2 Å². The van der Waals surface area contributed by atoms with Gasteiger partial charge in [-0.05, 0) is 55.3 Å². The lowest BCUT2D eigenvalue weighted by Gasteiger charge is -2.44. The summed E-state index contributed by atoms with van der Waals surface area (Å²) in [5.41, 5.74) is 0.500. The van der Waals surface area contributed by atoms with Gasteiger partial charge < -0.3 is 4.90 Å². The molecule has 0 spiro atoms. The van der Waals surface area contributed by atoms with Crippen molar-refractivity contribution in [3.05, 3.63) is 75.3 Å². The molecule has 0 N–H and O–H groups in total. The molecule has 0 bridgehead atoms. The molecule has 3 nitrogen and oxygen atoms in total. The predicted molar refractivity (Wildman–Crippen MR) is 118 cm³/mol. The lowest BCUT2D eigenvalue weighted by molar-refractivity contribution is -0.137. The van der Waals surface area contributed by atoms with Crippen LogP contribution in [-0.4, -0.2) is 40.9 Å². The second-order valence-electron chi connectivity index (χ2n) is 7.81. The normalized spacial score (nSPS) is 20.4. The van der Waals surface area contributed by atoms with Crippen LogP contribution in [0.15, 0.2) is 48.5 Å². The molecule has 8 heteroatoms. The van der Waals surface area contributed by atoms with Gasteiger partial charge >= 0.3 is 6.18 Å². The summed E-state index contributed by atoms with van der Waals surface area (Å²) in [5, 5.41) is 0.325. The van der Waals surface area contributed by atoms with Crippen molar-refractivity contribution in [2.45, 2.75) is 38.7 Å². The van der Waals surface area contributed by atoms with Gasteiger partial charge in [-0.3, -0.25) is 9.69 Å². The SMILES string of the molecule is C[C@@H]1CN(Cc2ccc(Cl)cc2)[C@@H](C)CN1C(=O)/C=C/c1ccc(Cl)c(C(F)(F)F)c1. The van der Waals surface area contributed by atoms with Crippen LogP contribution >= 0.6 is 23.2 Å². The van der Waals surface area contributed by atoms with Crippen LogP contribution in [-0.2, 0) is 17.5 Å². The smallest absolute Gasteiger partial charge is 0.334 e. The summed E-state index contributed by atoms with van der Waals surface area (Å²) in [4.78, 5) is 16.8. The predicted octanol–water partition coefficient (Wildman–Crippen LogP) is 6.15. The molecule has 166 valence electrons. The van der Waals surface area contributed by atoms with Crippen molar-refractivity contribution >= 4 is 35.2 Å².